The van der Waals surface area contributed by atoms with Crippen molar-refractivity contribution in [3.63, 3.8) is 0 Å². The molecule has 0 bridgehead atoms. The number of nitriles is 1. The summed E-state index contributed by atoms with van der Waals surface area (Å²) in [7, 11) is 0. The SMILES string of the molecule is N#Cc1cc(-c2ccccc2)[nH]c1Cl. The molecule has 0 unspecified atom stereocenters. The Hall–Kier alpha value is -1.72. The average molecular weight is 203 g/mol. The van der Waals surface area contributed by atoms with Crippen molar-refractivity contribution < 1.29 is 0 Å². The van der Waals surface area contributed by atoms with E-state index in [4.69, 9.17) is 16.9 Å². The molecule has 0 fully saturated rings. The van der Waals surface area contributed by atoms with Gasteiger partial charge >= 0.3 is 0 Å². The predicted molar refractivity (Wildman–Crippen MR) is 56.0 cm³/mol. The van der Waals surface area contributed by atoms with Crippen LogP contribution in [0.4, 0.5) is 0 Å². The molecule has 0 aliphatic carbocycles. The zero-order chi connectivity index (χ0) is 9.97. The van der Waals surface area contributed by atoms with Crippen molar-refractivity contribution in [1.82, 2.24) is 4.98 Å². The van der Waals surface area contributed by atoms with Gasteiger partial charge in [0.15, 0.2) is 0 Å². The maximum Gasteiger partial charge on any atom is 0.124 e. The molecule has 0 saturated heterocycles. The Morgan fingerprint density at radius 1 is 1.21 bits per heavy atom. The number of H-pyrrole nitrogens is 1. The van der Waals surface area contributed by atoms with Crippen LogP contribution < -0.4 is 0 Å². The first-order chi connectivity index (χ1) is 6.81. The molecule has 0 aliphatic heterocycles. The first-order valence-electron chi connectivity index (χ1n) is 4.15. The maximum absolute atomic E-state index is 8.72. The van der Waals surface area contributed by atoms with Gasteiger partial charge in [0.1, 0.15) is 11.2 Å². The molecule has 1 N–H and O–H groups in total. The maximum atomic E-state index is 8.72. The van der Waals surface area contributed by atoms with Crippen LogP contribution in [0.15, 0.2) is 36.4 Å². The lowest BCUT2D eigenvalue weighted by molar-refractivity contribution is 1.39. The highest BCUT2D eigenvalue weighted by Crippen LogP contribution is 2.23. The van der Waals surface area contributed by atoms with Gasteiger partial charge < -0.3 is 4.98 Å². The van der Waals surface area contributed by atoms with E-state index in [2.05, 4.69) is 4.98 Å². The van der Waals surface area contributed by atoms with E-state index in [1.54, 1.807) is 6.07 Å². The molecule has 2 nitrogen and oxygen atoms in total. The third kappa shape index (κ3) is 1.50. The number of aromatic nitrogens is 1. The van der Waals surface area contributed by atoms with Crippen LogP contribution >= 0.6 is 11.6 Å². The van der Waals surface area contributed by atoms with Gasteiger partial charge in [-0.15, -0.1) is 0 Å². The second-order valence-corrected chi connectivity index (χ2v) is 3.27. The number of aromatic amines is 1. The first-order valence-corrected chi connectivity index (χ1v) is 4.53. The Balaban J connectivity index is 2.50. The quantitative estimate of drug-likeness (QED) is 0.758. The lowest BCUT2D eigenvalue weighted by Crippen LogP contribution is -1.74. The van der Waals surface area contributed by atoms with Gasteiger partial charge in [0.25, 0.3) is 0 Å². The Labute approximate surface area is 86.8 Å². The molecule has 0 atom stereocenters. The number of halogens is 1. The number of rotatable bonds is 1. The van der Waals surface area contributed by atoms with Gasteiger partial charge in [-0.1, -0.05) is 41.9 Å². The van der Waals surface area contributed by atoms with Crippen molar-refractivity contribution in [1.29, 1.82) is 5.26 Å². The van der Waals surface area contributed by atoms with E-state index in [1.807, 2.05) is 36.4 Å². The van der Waals surface area contributed by atoms with Gasteiger partial charge in [-0.2, -0.15) is 5.26 Å². The van der Waals surface area contributed by atoms with E-state index in [-0.39, 0.29) is 0 Å². The fourth-order valence-electron chi connectivity index (χ4n) is 1.28. The summed E-state index contributed by atoms with van der Waals surface area (Å²) in [5.41, 5.74) is 2.37. The van der Waals surface area contributed by atoms with Gasteiger partial charge in [-0.25, -0.2) is 0 Å². The number of nitrogens with zero attached hydrogens (tertiary/aromatic N) is 1. The van der Waals surface area contributed by atoms with Gasteiger partial charge in [0.05, 0.1) is 5.56 Å². The molecule has 0 aliphatic rings. The molecule has 68 valence electrons. The monoisotopic (exact) mass is 202 g/mol. The summed E-state index contributed by atoms with van der Waals surface area (Å²) in [6.07, 6.45) is 0. The largest absolute Gasteiger partial charge is 0.344 e. The summed E-state index contributed by atoms with van der Waals surface area (Å²) in [5.74, 6) is 0. The van der Waals surface area contributed by atoms with E-state index in [1.165, 1.54) is 0 Å². The minimum absolute atomic E-state index is 0.395. The zero-order valence-corrected chi connectivity index (χ0v) is 8.05. The third-order valence-electron chi connectivity index (χ3n) is 1.97. The zero-order valence-electron chi connectivity index (χ0n) is 7.29. The summed E-state index contributed by atoms with van der Waals surface area (Å²) in [6.45, 7) is 0. The summed E-state index contributed by atoms with van der Waals surface area (Å²) >= 11 is 5.82. The Morgan fingerprint density at radius 2 is 1.93 bits per heavy atom. The molecular weight excluding hydrogens is 196 g/mol. The number of benzene rings is 1. The van der Waals surface area contributed by atoms with Crippen LogP contribution in [0.1, 0.15) is 5.56 Å². The molecule has 3 heteroatoms. The lowest BCUT2D eigenvalue weighted by atomic mass is 10.1. The molecule has 1 aromatic carbocycles. The Bertz CT molecular complexity index is 480. The molecule has 2 rings (SSSR count). The minimum Gasteiger partial charge on any atom is -0.344 e. The Kier molecular flexibility index (Phi) is 2.26. The number of hydrogen-bond donors (Lipinski definition) is 1. The van der Waals surface area contributed by atoms with Crippen molar-refractivity contribution in [3.8, 4) is 17.3 Å². The van der Waals surface area contributed by atoms with E-state index in [0.29, 0.717) is 10.7 Å². The van der Waals surface area contributed by atoms with E-state index in [0.717, 1.165) is 11.3 Å². The van der Waals surface area contributed by atoms with Crippen LogP contribution in [-0.2, 0) is 0 Å². The second kappa shape index (κ2) is 3.57. The highest BCUT2D eigenvalue weighted by Gasteiger charge is 2.05. The summed E-state index contributed by atoms with van der Waals surface area (Å²) in [6, 6.07) is 13.5. The average Bonchev–Trinajstić information content (AvgIpc) is 2.61. The molecule has 1 aromatic heterocycles. The lowest BCUT2D eigenvalue weighted by Gasteiger charge is -1.94. The summed E-state index contributed by atoms with van der Waals surface area (Å²) < 4.78 is 0. The van der Waals surface area contributed by atoms with Crippen molar-refractivity contribution >= 4 is 11.6 Å². The van der Waals surface area contributed by atoms with Crippen LogP contribution in [0.25, 0.3) is 11.3 Å². The summed E-state index contributed by atoms with van der Waals surface area (Å²) in [4.78, 5) is 2.95. The molecule has 1 heterocycles. The van der Waals surface area contributed by atoms with Crippen molar-refractivity contribution in [2.75, 3.05) is 0 Å². The highest BCUT2D eigenvalue weighted by molar-refractivity contribution is 6.30. The standard InChI is InChI=1S/C11H7ClN2/c12-11-9(7-13)6-10(14-11)8-4-2-1-3-5-8/h1-6,14H. The third-order valence-corrected chi connectivity index (χ3v) is 2.27. The first kappa shape index (κ1) is 8.86. The fourth-order valence-corrected chi connectivity index (χ4v) is 1.48. The molecule has 0 radical (unpaired) electrons. The fraction of sp³-hybridized carbons (Fsp3) is 0. The van der Waals surface area contributed by atoms with E-state index < -0.39 is 0 Å². The smallest absolute Gasteiger partial charge is 0.124 e. The van der Waals surface area contributed by atoms with Crippen LogP contribution in [0, 0.1) is 11.3 Å². The highest BCUT2D eigenvalue weighted by atomic mass is 35.5. The van der Waals surface area contributed by atoms with Crippen LogP contribution in [0.3, 0.4) is 0 Å². The normalized spacial score (nSPS) is 9.71. The van der Waals surface area contributed by atoms with Gasteiger partial charge in [-0.3, -0.25) is 0 Å². The second-order valence-electron chi connectivity index (χ2n) is 2.89. The molecular formula is C11H7ClN2. The molecule has 0 spiro atoms. The van der Waals surface area contributed by atoms with Gasteiger partial charge in [0.2, 0.25) is 0 Å². The van der Waals surface area contributed by atoms with Gasteiger partial charge in [0, 0.05) is 5.69 Å². The van der Waals surface area contributed by atoms with Crippen LogP contribution in [-0.4, -0.2) is 4.98 Å². The van der Waals surface area contributed by atoms with E-state index >= 15 is 0 Å². The Morgan fingerprint density at radius 3 is 2.50 bits per heavy atom. The minimum atomic E-state index is 0.395. The van der Waals surface area contributed by atoms with Crippen molar-refractivity contribution in [2.45, 2.75) is 0 Å². The van der Waals surface area contributed by atoms with Crippen LogP contribution in [0.2, 0.25) is 5.15 Å². The van der Waals surface area contributed by atoms with Crippen molar-refractivity contribution in [2.24, 2.45) is 0 Å². The topological polar surface area (TPSA) is 39.6 Å². The number of nitrogens with one attached hydrogen (secondary N) is 1. The molecule has 0 amide bonds. The molecule has 14 heavy (non-hydrogen) atoms. The molecule has 2 aromatic rings. The van der Waals surface area contributed by atoms with Crippen LogP contribution in [0.5, 0.6) is 0 Å². The van der Waals surface area contributed by atoms with Crippen molar-refractivity contribution in [3.05, 3.63) is 47.1 Å². The summed E-state index contributed by atoms with van der Waals surface area (Å²) in [5, 5.41) is 9.12. The predicted octanol–water partition coefficient (Wildman–Crippen LogP) is 3.21. The number of hydrogen-bond acceptors (Lipinski definition) is 1. The van der Waals surface area contributed by atoms with E-state index in [9.17, 15) is 0 Å². The molecule has 0 saturated carbocycles. The van der Waals surface area contributed by atoms with Gasteiger partial charge in [-0.05, 0) is 11.6 Å².